The standard InChI is InChI=1S/C17H25N/c1-3-17(16-7-5-4-6-13(16)2)18-10-8-14-12-15(14)9-11-18/h4-7,14-15,17H,3,8-12H2,1-2H3. The molecule has 1 aliphatic heterocycles. The molecule has 1 aromatic carbocycles. The smallest absolute Gasteiger partial charge is 0.0348 e. The van der Waals surface area contributed by atoms with E-state index in [2.05, 4.69) is 43.0 Å². The Morgan fingerprint density at radius 2 is 1.83 bits per heavy atom. The SMILES string of the molecule is CCC(c1ccccc1C)N1CCC2CC2CC1. The first-order chi connectivity index (χ1) is 8.79. The highest BCUT2D eigenvalue weighted by Gasteiger charge is 2.39. The number of fused-ring (bicyclic) bond motifs is 1. The van der Waals surface area contributed by atoms with Crippen LogP contribution >= 0.6 is 0 Å². The zero-order valence-corrected chi connectivity index (χ0v) is 11.7. The molecule has 0 bridgehead atoms. The molecule has 3 unspecified atom stereocenters. The van der Waals surface area contributed by atoms with Gasteiger partial charge in [-0.15, -0.1) is 0 Å². The van der Waals surface area contributed by atoms with Crippen LogP contribution in [0.2, 0.25) is 0 Å². The van der Waals surface area contributed by atoms with Crippen LogP contribution in [0.15, 0.2) is 24.3 Å². The number of hydrogen-bond acceptors (Lipinski definition) is 1. The predicted molar refractivity (Wildman–Crippen MR) is 76.6 cm³/mol. The van der Waals surface area contributed by atoms with E-state index in [4.69, 9.17) is 0 Å². The number of hydrogen-bond donors (Lipinski definition) is 0. The summed E-state index contributed by atoms with van der Waals surface area (Å²) in [5.41, 5.74) is 3.01. The fourth-order valence-corrected chi connectivity index (χ4v) is 3.74. The first kappa shape index (κ1) is 12.2. The monoisotopic (exact) mass is 243 g/mol. The van der Waals surface area contributed by atoms with Gasteiger partial charge in [0.2, 0.25) is 0 Å². The highest BCUT2D eigenvalue weighted by Crippen LogP contribution is 2.46. The average molecular weight is 243 g/mol. The van der Waals surface area contributed by atoms with Gasteiger partial charge < -0.3 is 0 Å². The van der Waals surface area contributed by atoms with Crippen molar-refractivity contribution >= 4 is 0 Å². The Balaban J connectivity index is 1.77. The summed E-state index contributed by atoms with van der Waals surface area (Å²) in [4.78, 5) is 2.74. The lowest BCUT2D eigenvalue weighted by atomic mass is 9.97. The molecule has 1 aliphatic carbocycles. The molecular weight excluding hydrogens is 218 g/mol. The molecule has 3 atom stereocenters. The largest absolute Gasteiger partial charge is 0.296 e. The van der Waals surface area contributed by atoms with Crippen LogP contribution in [0.25, 0.3) is 0 Å². The first-order valence-electron chi connectivity index (χ1n) is 7.59. The van der Waals surface area contributed by atoms with Crippen LogP contribution in [0, 0.1) is 18.8 Å². The molecule has 1 heterocycles. The van der Waals surface area contributed by atoms with E-state index in [-0.39, 0.29) is 0 Å². The van der Waals surface area contributed by atoms with Crippen molar-refractivity contribution in [1.29, 1.82) is 0 Å². The summed E-state index contributed by atoms with van der Waals surface area (Å²) in [6.07, 6.45) is 5.63. The molecule has 0 amide bonds. The van der Waals surface area contributed by atoms with Crippen LogP contribution in [0.3, 0.4) is 0 Å². The molecule has 0 N–H and O–H groups in total. The lowest BCUT2D eigenvalue weighted by molar-refractivity contribution is 0.192. The Morgan fingerprint density at radius 3 is 2.44 bits per heavy atom. The van der Waals surface area contributed by atoms with E-state index in [1.54, 1.807) is 5.56 Å². The number of rotatable bonds is 3. The summed E-state index contributed by atoms with van der Waals surface area (Å²) >= 11 is 0. The van der Waals surface area contributed by atoms with E-state index in [0.717, 1.165) is 11.8 Å². The van der Waals surface area contributed by atoms with Gasteiger partial charge in [0.1, 0.15) is 0 Å². The molecule has 0 spiro atoms. The van der Waals surface area contributed by atoms with Crippen molar-refractivity contribution in [1.82, 2.24) is 4.90 Å². The molecule has 0 radical (unpaired) electrons. The van der Waals surface area contributed by atoms with Gasteiger partial charge in [-0.3, -0.25) is 4.90 Å². The van der Waals surface area contributed by atoms with Crippen molar-refractivity contribution in [2.75, 3.05) is 13.1 Å². The van der Waals surface area contributed by atoms with Crippen LogP contribution in [0.4, 0.5) is 0 Å². The molecule has 2 aliphatic rings. The van der Waals surface area contributed by atoms with E-state index >= 15 is 0 Å². The number of aryl methyl sites for hydroxylation is 1. The second-order valence-electron chi connectivity index (χ2n) is 6.15. The van der Waals surface area contributed by atoms with E-state index in [9.17, 15) is 0 Å². The Morgan fingerprint density at radius 1 is 1.17 bits per heavy atom. The summed E-state index contributed by atoms with van der Waals surface area (Å²) in [6, 6.07) is 9.58. The Bertz CT molecular complexity index is 400. The van der Waals surface area contributed by atoms with Crippen molar-refractivity contribution in [3.05, 3.63) is 35.4 Å². The number of benzene rings is 1. The Kier molecular flexibility index (Phi) is 3.43. The molecule has 3 rings (SSSR count). The van der Waals surface area contributed by atoms with Gasteiger partial charge in [-0.05, 0) is 68.7 Å². The topological polar surface area (TPSA) is 3.24 Å². The van der Waals surface area contributed by atoms with Gasteiger partial charge in [0, 0.05) is 6.04 Å². The van der Waals surface area contributed by atoms with Crippen LogP contribution < -0.4 is 0 Å². The third-order valence-electron chi connectivity index (χ3n) is 5.02. The molecule has 18 heavy (non-hydrogen) atoms. The maximum absolute atomic E-state index is 2.74. The minimum absolute atomic E-state index is 0.642. The van der Waals surface area contributed by atoms with Crippen LogP contribution in [0.1, 0.15) is 49.8 Å². The fourth-order valence-electron chi connectivity index (χ4n) is 3.74. The van der Waals surface area contributed by atoms with Crippen molar-refractivity contribution in [2.24, 2.45) is 11.8 Å². The Labute approximate surface area is 111 Å². The molecule has 1 saturated heterocycles. The first-order valence-corrected chi connectivity index (χ1v) is 7.59. The highest BCUT2D eigenvalue weighted by atomic mass is 15.2. The maximum atomic E-state index is 2.74. The molecule has 1 aromatic rings. The summed E-state index contributed by atoms with van der Waals surface area (Å²) in [5, 5.41) is 0. The molecule has 2 fully saturated rings. The minimum atomic E-state index is 0.642. The number of likely N-dealkylation sites (tertiary alicyclic amines) is 1. The van der Waals surface area contributed by atoms with Gasteiger partial charge >= 0.3 is 0 Å². The van der Waals surface area contributed by atoms with Crippen LogP contribution in [-0.2, 0) is 0 Å². The molecule has 1 heteroatoms. The predicted octanol–water partition coefficient (Wildman–Crippen LogP) is 4.18. The van der Waals surface area contributed by atoms with Gasteiger partial charge in [0.25, 0.3) is 0 Å². The van der Waals surface area contributed by atoms with Crippen molar-refractivity contribution < 1.29 is 0 Å². The van der Waals surface area contributed by atoms with Gasteiger partial charge in [0.05, 0.1) is 0 Å². The molecule has 98 valence electrons. The zero-order chi connectivity index (χ0) is 12.5. The lowest BCUT2D eigenvalue weighted by Crippen LogP contribution is -2.30. The maximum Gasteiger partial charge on any atom is 0.0348 e. The normalized spacial score (nSPS) is 29.4. The lowest BCUT2D eigenvalue weighted by Gasteiger charge is -2.31. The van der Waals surface area contributed by atoms with Crippen molar-refractivity contribution in [3.8, 4) is 0 Å². The van der Waals surface area contributed by atoms with E-state index in [1.807, 2.05) is 0 Å². The molecular formula is C17H25N. The van der Waals surface area contributed by atoms with Crippen LogP contribution in [-0.4, -0.2) is 18.0 Å². The number of nitrogens with zero attached hydrogens (tertiary/aromatic N) is 1. The minimum Gasteiger partial charge on any atom is -0.296 e. The van der Waals surface area contributed by atoms with E-state index in [0.29, 0.717) is 6.04 Å². The second kappa shape index (κ2) is 5.05. The summed E-state index contributed by atoms with van der Waals surface area (Å²) in [6.45, 7) is 7.22. The fraction of sp³-hybridized carbons (Fsp3) is 0.647. The summed E-state index contributed by atoms with van der Waals surface area (Å²) in [7, 11) is 0. The quantitative estimate of drug-likeness (QED) is 0.770. The highest BCUT2D eigenvalue weighted by molar-refractivity contribution is 5.28. The van der Waals surface area contributed by atoms with Gasteiger partial charge in [0.15, 0.2) is 0 Å². The molecule has 1 saturated carbocycles. The summed E-state index contributed by atoms with van der Waals surface area (Å²) < 4.78 is 0. The Hall–Kier alpha value is -0.820. The van der Waals surface area contributed by atoms with Crippen molar-refractivity contribution in [3.63, 3.8) is 0 Å². The van der Waals surface area contributed by atoms with E-state index < -0.39 is 0 Å². The average Bonchev–Trinajstić information content (AvgIpc) is 3.13. The van der Waals surface area contributed by atoms with Gasteiger partial charge in [-0.1, -0.05) is 31.2 Å². The van der Waals surface area contributed by atoms with E-state index in [1.165, 1.54) is 44.3 Å². The second-order valence-corrected chi connectivity index (χ2v) is 6.15. The molecule has 1 nitrogen and oxygen atoms in total. The summed E-state index contributed by atoms with van der Waals surface area (Å²) in [5.74, 6) is 2.15. The third kappa shape index (κ3) is 2.33. The molecule has 0 aromatic heterocycles. The van der Waals surface area contributed by atoms with Crippen molar-refractivity contribution in [2.45, 2.75) is 45.6 Å². The van der Waals surface area contributed by atoms with Crippen LogP contribution in [0.5, 0.6) is 0 Å². The van der Waals surface area contributed by atoms with Gasteiger partial charge in [-0.2, -0.15) is 0 Å². The zero-order valence-electron chi connectivity index (χ0n) is 11.7. The third-order valence-corrected chi connectivity index (χ3v) is 5.02. The van der Waals surface area contributed by atoms with Gasteiger partial charge in [-0.25, -0.2) is 0 Å².